The van der Waals surface area contributed by atoms with E-state index in [1.807, 2.05) is 0 Å². The van der Waals surface area contributed by atoms with Gasteiger partial charge in [-0.05, 0) is 23.3 Å². The SMILES string of the molecule is CN(C)c1ccccc1[CH2][Mg][CH2]c1ccccc1N(C)C. The monoisotopic (exact) mass is 292 g/mol. The average molecular weight is 293 g/mol. The summed E-state index contributed by atoms with van der Waals surface area (Å²) in [5, 5.41) is 0. The first-order valence-corrected chi connectivity index (χ1v) is 9.60. The fraction of sp³-hybridized carbons (Fsp3) is 0.333. The number of benzene rings is 2. The predicted molar refractivity (Wildman–Crippen MR) is 94.7 cm³/mol. The Bertz CT molecular complexity index is 527. The first kappa shape index (κ1) is 16.2. The minimum absolute atomic E-state index is 0.145. The van der Waals surface area contributed by atoms with E-state index in [-0.39, 0.29) is 20.4 Å². The largest absolute Gasteiger partial charge is 0.378 e. The van der Waals surface area contributed by atoms with E-state index in [1.54, 1.807) is 0 Å². The van der Waals surface area contributed by atoms with Gasteiger partial charge in [0.2, 0.25) is 0 Å². The molecule has 0 aliphatic carbocycles. The van der Waals surface area contributed by atoms with Crippen LogP contribution in [0.5, 0.6) is 0 Å². The van der Waals surface area contributed by atoms with Crippen LogP contribution in [0.25, 0.3) is 0 Å². The number of para-hydroxylation sites is 2. The first-order chi connectivity index (χ1) is 10.1. The predicted octanol–water partition coefficient (Wildman–Crippen LogP) is 3.22. The normalized spacial score (nSPS) is 10.1. The fourth-order valence-corrected chi connectivity index (χ4v) is 4.57. The molecule has 0 aliphatic heterocycles. The van der Waals surface area contributed by atoms with Crippen LogP contribution in [-0.4, -0.2) is 48.6 Å². The van der Waals surface area contributed by atoms with E-state index in [9.17, 15) is 0 Å². The molecule has 108 valence electrons. The van der Waals surface area contributed by atoms with Crippen molar-refractivity contribution < 1.29 is 0 Å². The highest BCUT2D eigenvalue weighted by Gasteiger charge is 2.08. The van der Waals surface area contributed by atoms with Crippen LogP contribution in [0, 0.1) is 0 Å². The second-order valence-electron chi connectivity index (χ2n) is 5.90. The van der Waals surface area contributed by atoms with Gasteiger partial charge < -0.3 is 9.80 Å². The first-order valence-electron chi connectivity index (χ1n) is 7.60. The minimum atomic E-state index is -0.145. The van der Waals surface area contributed by atoms with E-state index in [2.05, 4.69) is 86.5 Å². The quantitative estimate of drug-likeness (QED) is 0.754. The molecule has 2 aromatic carbocycles. The van der Waals surface area contributed by atoms with Gasteiger partial charge in [0.15, 0.2) is 0 Å². The molecule has 0 saturated heterocycles. The molecule has 0 bridgehead atoms. The Hall–Kier alpha value is -1.19. The minimum Gasteiger partial charge on any atom is -0.378 e. The van der Waals surface area contributed by atoms with Crippen molar-refractivity contribution in [1.82, 2.24) is 0 Å². The summed E-state index contributed by atoms with van der Waals surface area (Å²) in [4.78, 5) is 4.44. The molecular formula is C18H24MgN2. The van der Waals surface area contributed by atoms with Gasteiger partial charge in [0.05, 0.1) is 0 Å². The summed E-state index contributed by atoms with van der Waals surface area (Å²) in [5.74, 6) is 0. The average Bonchev–Trinajstić information content (AvgIpc) is 2.48. The molecule has 3 heteroatoms. The van der Waals surface area contributed by atoms with E-state index in [0.717, 1.165) is 0 Å². The van der Waals surface area contributed by atoms with Gasteiger partial charge in [-0.2, -0.15) is 0 Å². The molecule has 0 spiro atoms. The second kappa shape index (κ2) is 7.71. The van der Waals surface area contributed by atoms with Crippen LogP contribution >= 0.6 is 0 Å². The van der Waals surface area contributed by atoms with Crippen LogP contribution in [0.3, 0.4) is 0 Å². The molecule has 2 nitrogen and oxygen atoms in total. The number of hydrogen-bond donors (Lipinski definition) is 0. The van der Waals surface area contributed by atoms with E-state index in [1.165, 1.54) is 31.6 Å². The maximum atomic E-state index is 2.28. The second-order valence-corrected chi connectivity index (χ2v) is 7.61. The van der Waals surface area contributed by atoms with Crippen molar-refractivity contribution in [2.75, 3.05) is 38.0 Å². The van der Waals surface area contributed by atoms with E-state index < -0.39 is 0 Å². The van der Waals surface area contributed by atoms with Crippen LogP contribution in [0.15, 0.2) is 48.5 Å². The van der Waals surface area contributed by atoms with Gasteiger partial charge >= 0.3 is 20.4 Å². The van der Waals surface area contributed by atoms with E-state index in [4.69, 9.17) is 0 Å². The molecule has 2 rings (SSSR count). The molecule has 0 aliphatic rings. The van der Waals surface area contributed by atoms with Crippen molar-refractivity contribution in [2.45, 2.75) is 9.10 Å². The van der Waals surface area contributed by atoms with Crippen molar-refractivity contribution in [3.8, 4) is 0 Å². The number of nitrogens with zero attached hydrogens (tertiary/aromatic N) is 2. The molecule has 0 unspecified atom stereocenters. The summed E-state index contributed by atoms with van der Waals surface area (Å²) in [6.45, 7) is 0. The summed E-state index contributed by atoms with van der Waals surface area (Å²) < 4.78 is 2.52. The van der Waals surface area contributed by atoms with Gasteiger partial charge in [0.1, 0.15) is 0 Å². The highest BCUT2D eigenvalue weighted by Crippen LogP contribution is 2.20. The molecule has 0 fully saturated rings. The molecule has 21 heavy (non-hydrogen) atoms. The Kier molecular flexibility index (Phi) is 5.94. The molecule has 2 aromatic rings. The molecule has 0 heterocycles. The zero-order valence-electron chi connectivity index (χ0n) is 13.6. The summed E-state index contributed by atoms with van der Waals surface area (Å²) in [6.07, 6.45) is 0. The Labute approximate surface area is 138 Å². The fourth-order valence-electron chi connectivity index (χ4n) is 2.79. The Morgan fingerprint density at radius 2 is 1.05 bits per heavy atom. The molecule has 0 radical (unpaired) electrons. The van der Waals surface area contributed by atoms with Crippen molar-refractivity contribution in [1.29, 1.82) is 0 Å². The van der Waals surface area contributed by atoms with Crippen LogP contribution < -0.4 is 9.80 Å². The maximum Gasteiger partial charge on any atom is 0.377 e. The zero-order chi connectivity index (χ0) is 15.2. The van der Waals surface area contributed by atoms with Gasteiger partial charge in [-0.25, -0.2) is 0 Å². The Balaban J connectivity index is 2.03. The third-order valence-electron chi connectivity index (χ3n) is 3.84. The van der Waals surface area contributed by atoms with Crippen molar-refractivity contribution in [3.63, 3.8) is 0 Å². The van der Waals surface area contributed by atoms with E-state index in [0.29, 0.717) is 0 Å². The zero-order valence-corrected chi connectivity index (χ0v) is 15.0. The summed E-state index contributed by atoms with van der Waals surface area (Å²) in [6, 6.07) is 17.6. The number of anilines is 2. The summed E-state index contributed by atoms with van der Waals surface area (Å²) >= 11 is -0.145. The van der Waals surface area contributed by atoms with Crippen LogP contribution in [-0.2, 0) is 9.10 Å². The van der Waals surface area contributed by atoms with Crippen LogP contribution in [0.4, 0.5) is 11.4 Å². The molecule has 0 aromatic heterocycles. The Morgan fingerprint density at radius 1 is 0.667 bits per heavy atom. The standard InChI is InChI=1S/2C9H12N.Mg/c2*1-8-6-4-5-7-9(8)10(2)3;/h2*4-7H,1H2,2-3H3;. The highest BCUT2D eigenvalue weighted by atomic mass is 24.5. The molecular weight excluding hydrogens is 269 g/mol. The molecule has 0 atom stereocenters. The lowest BCUT2D eigenvalue weighted by Crippen LogP contribution is -2.14. The van der Waals surface area contributed by atoms with E-state index >= 15 is 0 Å². The lowest BCUT2D eigenvalue weighted by Gasteiger charge is -2.19. The summed E-state index contributed by atoms with van der Waals surface area (Å²) in [5.41, 5.74) is 5.73. The third-order valence-corrected chi connectivity index (χ3v) is 5.62. The maximum absolute atomic E-state index is 2.28. The van der Waals surface area contributed by atoms with Gasteiger partial charge in [0, 0.05) is 39.6 Å². The number of hydrogen-bond acceptors (Lipinski definition) is 2. The van der Waals surface area contributed by atoms with Crippen LogP contribution in [0.1, 0.15) is 11.1 Å². The van der Waals surface area contributed by atoms with Gasteiger partial charge in [-0.3, -0.25) is 0 Å². The van der Waals surface area contributed by atoms with Crippen LogP contribution in [0.2, 0.25) is 0 Å². The van der Waals surface area contributed by atoms with Crippen molar-refractivity contribution in [2.24, 2.45) is 0 Å². The van der Waals surface area contributed by atoms with Gasteiger partial charge in [0.25, 0.3) is 0 Å². The summed E-state index contributed by atoms with van der Waals surface area (Å²) in [7, 11) is 8.51. The van der Waals surface area contributed by atoms with Crippen molar-refractivity contribution in [3.05, 3.63) is 59.7 Å². The molecule has 0 saturated carbocycles. The third kappa shape index (κ3) is 4.38. The smallest absolute Gasteiger partial charge is 0.377 e. The molecule has 0 amide bonds. The molecule has 0 N–H and O–H groups in total. The number of rotatable bonds is 6. The lowest BCUT2D eigenvalue weighted by atomic mass is 10.2. The Morgan fingerprint density at radius 3 is 1.43 bits per heavy atom. The van der Waals surface area contributed by atoms with Gasteiger partial charge in [-0.15, -0.1) is 9.10 Å². The van der Waals surface area contributed by atoms with Gasteiger partial charge in [-0.1, -0.05) is 36.4 Å². The topological polar surface area (TPSA) is 6.48 Å². The van der Waals surface area contributed by atoms with Crippen molar-refractivity contribution >= 4 is 31.7 Å². The lowest BCUT2D eigenvalue weighted by molar-refractivity contribution is 1.10. The highest BCUT2D eigenvalue weighted by molar-refractivity contribution is 6.34.